The Bertz CT molecular complexity index is 341. The van der Waals surface area contributed by atoms with E-state index in [0.717, 1.165) is 24.6 Å². The second kappa shape index (κ2) is 9.68. The largest absolute Gasteiger partial charge is 0.494 e. The lowest BCUT2D eigenvalue weighted by atomic mass is 10.2. The summed E-state index contributed by atoms with van der Waals surface area (Å²) >= 11 is 0. The maximum absolute atomic E-state index is 5.87. The van der Waals surface area contributed by atoms with Crippen molar-refractivity contribution in [3.05, 3.63) is 24.3 Å². The van der Waals surface area contributed by atoms with Crippen molar-refractivity contribution in [2.24, 2.45) is 0 Å². The maximum Gasteiger partial charge on any atom is 0.123 e. The summed E-state index contributed by atoms with van der Waals surface area (Å²) in [5.74, 6) is 1.73. The van der Waals surface area contributed by atoms with Crippen molar-refractivity contribution in [1.82, 2.24) is 5.32 Å². The average molecular weight is 265 g/mol. The number of nitrogens with one attached hydrogen (secondary N) is 1. The van der Waals surface area contributed by atoms with Crippen LogP contribution in [0.1, 0.15) is 40.0 Å². The fourth-order valence-electron chi connectivity index (χ4n) is 1.88. The van der Waals surface area contributed by atoms with Crippen molar-refractivity contribution in [1.29, 1.82) is 0 Å². The summed E-state index contributed by atoms with van der Waals surface area (Å²) < 4.78 is 11.3. The summed E-state index contributed by atoms with van der Waals surface area (Å²) in [6.45, 7) is 8.91. The van der Waals surface area contributed by atoms with Gasteiger partial charge in [-0.3, -0.25) is 0 Å². The number of ether oxygens (including phenoxy) is 2. The molecule has 3 nitrogen and oxygen atoms in total. The van der Waals surface area contributed by atoms with Crippen LogP contribution in [-0.2, 0) is 0 Å². The van der Waals surface area contributed by atoms with Gasteiger partial charge in [0.2, 0.25) is 0 Å². The number of benzene rings is 1. The highest BCUT2D eigenvalue weighted by Crippen LogP contribution is 2.20. The number of rotatable bonds is 10. The Morgan fingerprint density at radius 3 is 2.68 bits per heavy atom. The van der Waals surface area contributed by atoms with Crippen LogP contribution >= 0.6 is 0 Å². The molecule has 1 rings (SSSR count). The highest BCUT2D eigenvalue weighted by atomic mass is 16.5. The fraction of sp³-hybridized carbons (Fsp3) is 0.625. The zero-order valence-electron chi connectivity index (χ0n) is 12.4. The van der Waals surface area contributed by atoms with E-state index < -0.39 is 0 Å². The van der Waals surface area contributed by atoms with Crippen LogP contribution < -0.4 is 14.8 Å². The molecule has 0 fully saturated rings. The van der Waals surface area contributed by atoms with Gasteiger partial charge in [0, 0.05) is 12.6 Å². The molecule has 108 valence electrons. The molecule has 0 aliphatic carbocycles. The van der Waals surface area contributed by atoms with Crippen molar-refractivity contribution in [2.45, 2.75) is 46.1 Å². The van der Waals surface area contributed by atoms with Gasteiger partial charge in [0.05, 0.1) is 6.61 Å². The van der Waals surface area contributed by atoms with Gasteiger partial charge in [-0.1, -0.05) is 25.8 Å². The zero-order chi connectivity index (χ0) is 13.9. The lowest BCUT2D eigenvalue weighted by Crippen LogP contribution is -2.29. The van der Waals surface area contributed by atoms with E-state index in [1.807, 2.05) is 31.2 Å². The van der Waals surface area contributed by atoms with E-state index in [-0.39, 0.29) is 6.10 Å². The minimum absolute atomic E-state index is 0.165. The van der Waals surface area contributed by atoms with Crippen LogP contribution in [0.4, 0.5) is 0 Å². The van der Waals surface area contributed by atoms with Crippen LogP contribution in [0.5, 0.6) is 11.5 Å². The Morgan fingerprint density at radius 1 is 1.16 bits per heavy atom. The Kier molecular flexibility index (Phi) is 8.07. The summed E-state index contributed by atoms with van der Waals surface area (Å²) in [4.78, 5) is 0. The molecule has 0 amide bonds. The molecule has 3 heteroatoms. The Morgan fingerprint density at radius 2 is 1.95 bits per heavy atom. The lowest BCUT2D eigenvalue weighted by molar-refractivity contribution is 0.216. The normalized spacial score (nSPS) is 12.2. The van der Waals surface area contributed by atoms with Gasteiger partial charge < -0.3 is 14.8 Å². The minimum atomic E-state index is 0.165. The van der Waals surface area contributed by atoms with E-state index >= 15 is 0 Å². The van der Waals surface area contributed by atoms with Gasteiger partial charge in [0.25, 0.3) is 0 Å². The van der Waals surface area contributed by atoms with Gasteiger partial charge >= 0.3 is 0 Å². The molecule has 1 unspecified atom stereocenters. The minimum Gasteiger partial charge on any atom is -0.494 e. The van der Waals surface area contributed by atoms with Crippen LogP contribution in [0.2, 0.25) is 0 Å². The Hall–Kier alpha value is -1.22. The van der Waals surface area contributed by atoms with E-state index in [2.05, 4.69) is 19.2 Å². The van der Waals surface area contributed by atoms with E-state index in [1.165, 1.54) is 19.3 Å². The second-order valence-electron chi connectivity index (χ2n) is 4.75. The van der Waals surface area contributed by atoms with Crippen LogP contribution in [-0.4, -0.2) is 25.8 Å². The number of unbranched alkanes of at least 4 members (excludes halogenated alkanes) is 2. The average Bonchev–Trinajstić information content (AvgIpc) is 2.39. The molecule has 0 aromatic heterocycles. The number of hydrogen-bond donors (Lipinski definition) is 1. The van der Waals surface area contributed by atoms with E-state index in [9.17, 15) is 0 Å². The highest BCUT2D eigenvalue weighted by molar-refractivity contribution is 5.33. The lowest BCUT2D eigenvalue weighted by Gasteiger charge is -2.16. The molecule has 0 spiro atoms. The topological polar surface area (TPSA) is 30.5 Å². The monoisotopic (exact) mass is 265 g/mol. The molecule has 0 bridgehead atoms. The quantitative estimate of drug-likeness (QED) is 0.655. The molecule has 1 atom stereocenters. The van der Waals surface area contributed by atoms with Crippen molar-refractivity contribution in [3.8, 4) is 11.5 Å². The molecule has 1 N–H and O–H groups in total. The molecule has 0 saturated heterocycles. The van der Waals surface area contributed by atoms with Gasteiger partial charge in [0.15, 0.2) is 0 Å². The molecule has 0 aliphatic rings. The summed E-state index contributed by atoms with van der Waals surface area (Å²) in [5, 5.41) is 3.42. The first-order valence-electron chi connectivity index (χ1n) is 7.36. The third-order valence-electron chi connectivity index (χ3n) is 2.84. The molecular formula is C16H27NO2. The predicted molar refractivity (Wildman–Crippen MR) is 80.1 cm³/mol. The van der Waals surface area contributed by atoms with Crippen molar-refractivity contribution in [2.75, 3.05) is 19.7 Å². The molecular weight excluding hydrogens is 238 g/mol. The summed E-state index contributed by atoms with van der Waals surface area (Å²) in [5.41, 5.74) is 0. The Balaban J connectivity index is 2.27. The van der Waals surface area contributed by atoms with Crippen molar-refractivity contribution < 1.29 is 9.47 Å². The predicted octanol–water partition coefficient (Wildman–Crippen LogP) is 3.63. The first-order chi connectivity index (χ1) is 9.26. The van der Waals surface area contributed by atoms with Gasteiger partial charge in [-0.25, -0.2) is 0 Å². The maximum atomic E-state index is 5.87. The molecule has 0 heterocycles. The molecule has 0 aliphatic heterocycles. The fourth-order valence-corrected chi connectivity index (χ4v) is 1.88. The molecule has 19 heavy (non-hydrogen) atoms. The molecule has 1 aromatic carbocycles. The summed E-state index contributed by atoms with van der Waals surface area (Å²) in [7, 11) is 0. The smallest absolute Gasteiger partial charge is 0.123 e. The first-order valence-corrected chi connectivity index (χ1v) is 7.36. The van der Waals surface area contributed by atoms with Gasteiger partial charge in [-0.05, 0) is 38.9 Å². The van der Waals surface area contributed by atoms with Gasteiger partial charge in [-0.15, -0.1) is 0 Å². The molecule has 1 aromatic rings. The van der Waals surface area contributed by atoms with E-state index in [4.69, 9.17) is 9.47 Å². The second-order valence-corrected chi connectivity index (χ2v) is 4.75. The zero-order valence-corrected chi connectivity index (χ0v) is 12.4. The first kappa shape index (κ1) is 15.8. The third-order valence-corrected chi connectivity index (χ3v) is 2.84. The van der Waals surface area contributed by atoms with E-state index in [1.54, 1.807) is 0 Å². The van der Waals surface area contributed by atoms with E-state index in [0.29, 0.717) is 6.61 Å². The highest BCUT2D eigenvalue weighted by Gasteiger charge is 2.04. The standard InChI is InChI=1S/C16H27NO2/c1-4-6-7-11-17-13-14(3)19-16-10-8-9-15(12-16)18-5-2/h8-10,12,14,17H,4-7,11,13H2,1-3H3. The summed E-state index contributed by atoms with van der Waals surface area (Å²) in [6.07, 6.45) is 3.96. The SMILES string of the molecule is CCCCCNCC(C)Oc1cccc(OCC)c1. The van der Waals surface area contributed by atoms with Gasteiger partial charge in [0.1, 0.15) is 17.6 Å². The summed E-state index contributed by atoms with van der Waals surface area (Å²) in [6, 6.07) is 7.82. The van der Waals surface area contributed by atoms with Crippen molar-refractivity contribution in [3.63, 3.8) is 0 Å². The molecule has 0 radical (unpaired) electrons. The molecule has 0 saturated carbocycles. The third kappa shape index (κ3) is 7.06. The van der Waals surface area contributed by atoms with Gasteiger partial charge in [-0.2, -0.15) is 0 Å². The van der Waals surface area contributed by atoms with Crippen LogP contribution in [0.15, 0.2) is 24.3 Å². The van der Waals surface area contributed by atoms with Crippen LogP contribution in [0.25, 0.3) is 0 Å². The number of hydrogen-bond acceptors (Lipinski definition) is 3. The Labute approximate surface area is 117 Å². The van der Waals surface area contributed by atoms with Crippen LogP contribution in [0, 0.1) is 0 Å². The van der Waals surface area contributed by atoms with Crippen LogP contribution in [0.3, 0.4) is 0 Å². The van der Waals surface area contributed by atoms with Crippen molar-refractivity contribution >= 4 is 0 Å².